The standard InChI is InChI=1S/C16H24N4O2.2ClH/c17-14(12-6-2-1-3-7-12)16(22)20-13(15(18)21)9-11-5-4-8-19-10-11;;/h4-5,8,10,12-14H,1-3,6-7,9,17H2,(H2,18,21)(H,20,22);2*1H/t13-,14-;;/m0../s1. The minimum absolute atomic E-state index is 0. The van der Waals surface area contributed by atoms with Crippen molar-refractivity contribution < 1.29 is 9.59 Å². The van der Waals surface area contributed by atoms with Crippen LogP contribution in [-0.2, 0) is 16.0 Å². The van der Waals surface area contributed by atoms with Crippen molar-refractivity contribution >= 4 is 36.6 Å². The number of primary amides is 1. The molecule has 0 aliphatic heterocycles. The first-order valence-electron chi connectivity index (χ1n) is 7.82. The van der Waals surface area contributed by atoms with Crippen LogP contribution in [0.5, 0.6) is 0 Å². The molecule has 0 aromatic carbocycles. The number of nitrogens with zero attached hydrogens (tertiary/aromatic N) is 1. The van der Waals surface area contributed by atoms with Crippen molar-refractivity contribution in [3.05, 3.63) is 30.1 Å². The van der Waals surface area contributed by atoms with Gasteiger partial charge in [0.05, 0.1) is 6.04 Å². The largest absolute Gasteiger partial charge is 0.368 e. The molecule has 1 aromatic heterocycles. The number of nitrogens with two attached hydrogens (primary N) is 2. The second-order valence-corrected chi connectivity index (χ2v) is 5.95. The molecular formula is C16H26Cl2N4O2. The smallest absolute Gasteiger partial charge is 0.240 e. The average molecular weight is 377 g/mol. The third-order valence-corrected chi connectivity index (χ3v) is 4.28. The predicted molar refractivity (Wildman–Crippen MR) is 98.1 cm³/mol. The molecule has 2 rings (SSSR count). The number of carbonyl (C=O) groups is 2. The maximum atomic E-state index is 12.3. The third-order valence-electron chi connectivity index (χ3n) is 4.28. The summed E-state index contributed by atoms with van der Waals surface area (Å²) in [4.78, 5) is 27.9. The Morgan fingerprint density at radius 1 is 1.25 bits per heavy atom. The monoisotopic (exact) mass is 376 g/mol. The second-order valence-electron chi connectivity index (χ2n) is 5.95. The predicted octanol–water partition coefficient (Wildman–Crippen LogP) is 1.35. The van der Waals surface area contributed by atoms with E-state index in [1.807, 2.05) is 6.07 Å². The van der Waals surface area contributed by atoms with Crippen molar-refractivity contribution in [2.45, 2.75) is 50.6 Å². The van der Waals surface area contributed by atoms with E-state index in [9.17, 15) is 9.59 Å². The first-order valence-corrected chi connectivity index (χ1v) is 7.82. The molecule has 0 unspecified atom stereocenters. The highest BCUT2D eigenvalue weighted by atomic mass is 35.5. The van der Waals surface area contributed by atoms with Crippen LogP contribution in [0, 0.1) is 5.92 Å². The summed E-state index contributed by atoms with van der Waals surface area (Å²) in [7, 11) is 0. The van der Waals surface area contributed by atoms with Crippen molar-refractivity contribution in [2.75, 3.05) is 0 Å². The molecule has 2 atom stereocenters. The Labute approximate surface area is 155 Å². The zero-order valence-corrected chi connectivity index (χ0v) is 15.2. The number of pyridine rings is 1. The van der Waals surface area contributed by atoms with Crippen LogP contribution < -0.4 is 16.8 Å². The Kier molecular flexibility index (Phi) is 10.6. The lowest BCUT2D eigenvalue weighted by molar-refractivity contribution is -0.129. The van der Waals surface area contributed by atoms with Crippen molar-refractivity contribution in [1.29, 1.82) is 0 Å². The zero-order chi connectivity index (χ0) is 15.9. The van der Waals surface area contributed by atoms with E-state index in [2.05, 4.69) is 10.3 Å². The third kappa shape index (κ3) is 6.63. The van der Waals surface area contributed by atoms with Gasteiger partial charge in [0.15, 0.2) is 0 Å². The minimum Gasteiger partial charge on any atom is -0.368 e. The summed E-state index contributed by atoms with van der Waals surface area (Å²) >= 11 is 0. The second kappa shape index (κ2) is 11.2. The van der Waals surface area contributed by atoms with Gasteiger partial charge < -0.3 is 16.8 Å². The molecular weight excluding hydrogens is 351 g/mol. The van der Waals surface area contributed by atoms with E-state index >= 15 is 0 Å². The molecule has 0 radical (unpaired) electrons. The average Bonchev–Trinajstić information content (AvgIpc) is 2.55. The van der Waals surface area contributed by atoms with Crippen LogP contribution in [0.1, 0.15) is 37.7 Å². The number of nitrogens with one attached hydrogen (secondary N) is 1. The Morgan fingerprint density at radius 2 is 1.92 bits per heavy atom. The molecule has 1 aromatic rings. The lowest BCUT2D eigenvalue weighted by Crippen LogP contribution is -2.53. The fourth-order valence-electron chi connectivity index (χ4n) is 2.95. The Balaban J connectivity index is 0.00000264. The Morgan fingerprint density at radius 3 is 2.46 bits per heavy atom. The number of hydrogen-bond donors (Lipinski definition) is 3. The van der Waals surface area contributed by atoms with Gasteiger partial charge in [-0.25, -0.2) is 0 Å². The molecule has 2 amide bonds. The van der Waals surface area contributed by atoms with Crippen molar-refractivity contribution in [3.8, 4) is 0 Å². The van der Waals surface area contributed by atoms with E-state index in [1.54, 1.807) is 18.5 Å². The quantitative estimate of drug-likeness (QED) is 0.695. The summed E-state index contributed by atoms with van der Waals surface area (Å²) in [6, 6.07) is 2.29. The maximum Gasteiger partial charge on any atom is 0.240 e. The first-order chi connectivity index (χ1) is 10.6. The maximum absolute atomic E-state index is 12.3. The highest BCUT2D eigenvalue weighted by Gasteiger charge is 2.28. The van der Waals surface area contributed by atoms with Gasteiger partial charge in [-0.3, -0.25) is 14.6 Å². The van der Waals surface area contributed by atoms with Gasteiger partial charge in [-0.15, -0.1) is 24.8 Å². The van der Waals surface area contributed by atoms with Crippen LogP contribution in [-0.4, -0.2) is 28.9 Å². The fraction of sp³-hybridized carbons (Fsp3) is 0.562. The van der Waals surface area contributed by atoms with Crippen molar-refractivity contribution in [1.82, 2.24) is 10.3 Å². The van der Waals surface area contributed by atoms with Gasteiger partial charge in [-0.05, 0) is 30.4 Å². The van der Waals surface area contributed by atoms with E-state index in [0.717, 1.165) is 31.2 Å². The summed E-state index contributed by atoms with van der Waals surface area (Å²) in [5.41, 5.74) is 12.3. The van der Waals surface area contributed by atoms with E-state index in [1.165, 1.54) is 6.42 Å². The summed E-state index contributed by atoms with van der Waals surface area (Å²) in [6.07, 6.45) is 9.00. The Hall–Kier alpha value is -1.37. The molecule has 1 heterocycles. The van der Waals surface area contributed by atoms with E-state index in [-0.39, 0.29) is 36.6 Å². The number of rotatable bonds is 6. The van der Waals surface area contributed by atoms with Gasteiger partial charge in [0.1, 0.15) is 6.04 Å². The minimum atomic E-state index is -0.758. The number of hydrogen-bond acceptors (Lipinski definition) is 4. The molecule has 6 nitrogen and oxygen atoms in total. The van der Waals surface area contributed by atoms with Crippen molar-refractivity contribution in [3.63, 3.8) is 0 Å². The van der Waals surface area contributed by atoms with Gasteiger partial charge in [-0.2, -0.15) is 0 Å². The first kappa shape index (κ1) is 22.6. The van der Waals surface area contributed by atoms with E-state index < -0.39 is 18.0 Å². The van der Waals surface area contributed by atoms with Crippen LogP contribution >= 0.6 is 24.8 Å². The van der Waals surface area contributed by atoms with Crippen LogP contribution in [0.3, 0.4) is 0 Å². The van der Waals surface area contributed by atoms with Gasteiger partial charge in [0, 0.05) is 18.8 Å². The molecule has 0 spiro atoms. The summed E-state index contributed by atoms with van der Waals surface area (Å²) in [5.74, 6) is -0.659. The SMILES string of the molecule is Cl.Cl.NC(=O)[C@H](Cc1cccnc1)NC(=O)[C@@H](N)C1CCCCC1. The number of carbonyl (C=O) groups excluding carboxylic acids is 2. The molecule has 1 saturated carbocycles. The topological polar surface area (TPSA) is 111 Å². The van der Waals surface area contributed by atoms with Gasteiger partial charge in [0.25, 0.3) is 0 Å². The van der Waals surface area contributed by atoms with E-state index in [4.69, 9.17) is 11.5 Å². The molecule has 136 valence electrons. The lowest BCUT2D eigenvalue weighted by Gasteiger charge is -2.27. The molecule has 0 saturated heterocycles. The normalized spacial score (nSPS) is 16.9. The molecule has 0 bridgehead atoms. The number of amides is 2. The van der Waals surface area contributed by atoms with E-state index in [0.29, 0.717) is 6.42 Å². The van der Waals surface area contributed by atoms with Gasteiger partial charge in [-0.1, -0.05) is 25.3 Å². The highest BCUT2D eigenvalue weighted by molar-refractivity contribution is 5.89. The van der Waals surface area contributed by atoms with Crippen molar-refractivity contribution in [2.24, 2.45) is 17.4 Å². The van der Waals surface area contributed by atoms with Crippen LogP contribution in [0.4, 0.5) is 0 Å². The van der Waals surface area contributed by atoms with Crippen LogP contribution in [0.25, 0.3) is 0 Å². The molecule has 1 aliphatic carbocycles. The molecule has 5 N–H and O–H groups in total. The van der Waals surface area contributed by atoms with Crippen LogP contribution in [0.2, 0.25) is 0 Å². The van der Waals surface area contributed by atoms with Gasteiger partial charge >= 0.3 is 0 Å². The summed E-state index contributed by atoms with van der Waals surface area (Å²) < 4.78 is 0. The van der Waals surface area contributed by atoms with Crippen LogP contribution in [0.15, 0.2) is 24.5 Å². The molecule has 24 heavy (non-hydrogen) atoms. The molecule has 1 fully saturated rings. The summed E-state index contributed by atoms with van der Waals surface area (Å²) in [6.45, 7) is 0. The molecule has 1 aliphatic rings. The van der Waals surface area contributed by atoms with Gasteiger partial charge in [0.2, 0.25) is 11.8 Å². The highest BCUT2D eigenvalue weighted by Crippen LogP contribution is 2.25. The molecule has 8 heteroatoms. The number of halogens is 2. The zero-order valence-electron chi connectivity index (χ0n) is 13.5. The number of aromatic nitrogens is 1. The fourth-order valence-corrected chi connectivity index (χ4v) is 2.95. The summed E-state index contributed by atoms with van der Waals surface area (Å²) in [5, 5.41) is 2.70. The Bertz CT molecular complexity index is 510. The lowest BCUT2D eigenvalue weighted by atomic mass is 9.84.